The summed E-state index contributed by atoms with van der Waals surface area (Å²) in [5.41, 5.74) is 1.56. The maximum atomic E-state index is 13.8. The number of rotatable bonds is 4. The third kappa shape index (κ3) is 3.30. The molecular formula is C16H14ClFN4O2. The van der Waals surface area contributed by atoms with Crippen LogP contribution in [0.5, 0.6) is 0 Å². The summed E-state index contributed by atoms with van der Waals surface area (Å²) in [4.78, 5) is 12.5. The summed E-state index contributed by atoms with van der Waals surface area (Å²) in [6.45, 7) is 3.76. The number of carbonyl (C=O) groups is 1. The maximum Gasteiger partial charge on any atom is 0.278 e. The van der Waals surface area contributed by atoms with E-state index in [9.17, 15) is 9.18 Å². The average molecular weight is 349 g/mol. The summed E-state index contributed by atoms with van der Waals surface area (Å²) in [6, 6.07) is 4.47. The number of hydrogen-bond donors (Lipinski definition) is 1. The number of amides is 1. The number of aryl methyl sites for hydroxylation is 2. The van der Waals surface area contributed by atoms with Crippen molar-refractivity contribution in [1.82, 2.24) is 14.9 Å². The number of benzene rings is 1. The highest BCUT2D eigenvalue weighted by molar-refractivity contribution is 6.30. The lowest BCUT2D eigenvalue weighted by molar-refractivity contribution is 0.101. The van der Waals surface area contributed by atoms with E-state index in [1.165, 1.54) is 12.3 Å². The summed E-state index contributed by atoms with van der Waals surface area (Å²) in [5.74, 6) is -0.587. The number of aromatic nitrogens is 3. The molecule has 8 heteroatoms. The van der Waals surface area contributed by atoms with Crippen LogP contribution in [0, 0.1) is 19.7 Å². The topological polar surface area (TPSA) is 73.0 Å². The van der Waals surface area contributed by atoms with Crippen molar-refractivity contribution in [3.63, 3.8) is 0 Å². The standard InChI is InChI=1S/C16H14ClFN4O2/c1-9-3-4-13(18)14(5-9)20-16(23)15-12(10(2)24-21-15)8-22-7-11(17)6-19-22/h3-7H,8H2,1-2H3,(H,20,23). The second-order valence-corrected chi connectivity index (χ2v) is 5.80. The predicted octanol–water partition coefficient (Wildman–Crippen LogP) is 3.58. The van der Waals surface area contributed by atoms with Crippen molar-refractivity contribution in [2.45, 2.75) is 20.4 Å². The predicted molar refractivity (Wildman–Crippen MR) is 86.7 cm³/mol. The SMILES string of the molecule is Cc1ccc(F)c(NC(=O)c2noc(C)c2Cn2cc(Cl)cn2)c1. The van der Waals surface area contributed by atoms with Gasteiger partial charge in [-0.15, -0.1) is 0 Å². The molecule has 0 saturated carbocycles. The molecule has 2 aromatic heterocycles. The van der Waals surface area contributed by atoms with E-state index in [0.717, 1.165) is 5.56 Å². The van der Waals surface area contributed by atoms with Gasteiger partial charge in [0.2, 0.25) is 0 Å². The van der Waals surface area contributed by atoms with Crippen LogP contribution in [0.25, 0.3) is 0 Å². The fourth-order valence-corrected chi connectivity index (χ4v) is 2.42. The Hall–Kier alpha value is -2.67. The van der Waals surface area contributed by atoms with Crippen molar-refractivity contribution in [1.29, 1.82) is 0 Å². The zero-order chi connectivity index (χ0) is 17.3. The van der Waals surface area contributed by atoms with Crippen molar-refractivity contribution >= 4 is 23.2 Å². The first-order valence-electron chi connectivity index (χ1n) is 7.14. The fraction of sp³-hybridized carbons (Fsp3) is 0.188. The molecule has 0 aliphatic rings. The van der Waals surface area contributed by atoms with Crippen molar-refractivity contribution in [3.05, 3.63) is 64.0 Å². The van der Waals surface area contributed by atoms with E-state index in [1.54, 1.807) is 29.9 Å². The molecule has 1 amide bonds. The second kappa shape index (κ2) is 6.45. The molecule has 3 aromatic rings. The monoisotopic (exact) mass is 348 g/mol. The van der Waals surface area contributed by atoms with Crippen LogP contribution < -0.4 is 5.32 Å². The van der Waals surface area contributed by atoms with Gasteiger partial charge in [0.25, 0.3) is 5.91 Å². The quantitative estimate of drug-likeness (QED) is 0.782. The van der Waals surface area contributed by atoms with Crippen LogP contribution in [0.15, 0.2) is 35.1 Å². The lowest BCUT2D eigenvalue weighted by Gasteiger charge is -2.07. The first kappa shape index (κ1) is 16.2. The van der Waals surface area contributed by atoms with Crippen molar-refractivity contribution in [2.24, 2.45) is 0 Å². The van der Waals surface area contributed by atoms with E-state index in [-0.39, 0.29) is 17.9 Å². The van der Waals surface area contributed by atoms with Gasteiger partial charge in [-0.2, -0.15) is 5.10 Å². The number of nitrogens with zero attached hydrogens (tertiary/aromatic N) is 3. The van der Waals surface area contributed by atoms with Crippen LogP contribution in [0.4, 0.5) is 10.1 Å². The molecule has 0 unspecified atom stereocenters. The van der Waals surface area contributed by atoms with Crippen molar-refractivity contribution in [3.8, 4) is 0 Å². The van der Waals surface area contributed by atoms with Crippen LogP contribution in [0.3, 0.4) is 0 Å². The number of nitrogens with one attached hydrogen (secondary N) is 1. The van der Waals surface area contributed by atoms with Crippen LogP contribution >= 0.6 is 11.6 Å². The molecule has 3 rings (SSSR count). The first-order valence-corrected chi connectivity index (χ1v) is 7.52. The lowest BCUT2D eigenvalue weighted by Crippen LogP contribution is -2.16. The summed E-state index contributed by atoms with van der Waals surface area (Å²) in [6.07, 6.45) is 3.11. The number of halogens is 2. The molecule has 0 radical (unpaired) electrons. The summed E-state index contributed by atoms with van der Waals surface area (Å²) >= 11 is 5.84. The minimum absolute atomic E-state index is 0.0834. The van der Waals surface area contributed by atoms with Gasteiger partial charge in [0.15, 0.2) is 5.69 Å². The molecule has 1 N–H and O–H groups in total. The van der Waals surface area contributed by atoms with Gasteiger partial charge in [0.1, 0.15) is 11.6 Å². The highest BCUT2D eigenvalue weighted by Gasteiger charge is 2.21. The zero-order valence-electron chi connectivity index (χ0n) is 13.0. The van der Waals surface area contributed by atoms with Gasteiger partial charge < -0.3 is 9.84 Å². The van der Waals surface area contributed by atoms with Crippen LogP contribution in [0.1, 0.15) is 27.4 Å². The van der Waals surface area contributed by atoms with E-state index < -0.39 is 11.7 Å². The Morgan fingerprint density at radius 1 is 1.42 bits per heavy atom. The molecule has 0 fully saturated rings. The smallest absolute Gasteiger partial charge is 0.278 e. The Balaban J connectivity index is 1.86. The molecule has 0 spiro atoms. The minimum Gasteiger partial charge on any atom is -0.361 e. The molecule has 2 heterocycles. The molecule has 0 bridgehead atoms. The first-order chi connectivity index (χ1) is 11.4. The molecule has 0 atom stereocenters. The van der Waals surface area contributed by atoms with Crippen molar-refractivity contribution in [2.75, 3.05) is 5.32 Å². The van der Waals surface area contributed by atoms with E-state index in [2.05, 4.69) is 15.6 Å². The minimum atomic E-state index is -0.551. The zero-order valence-corrected chi connectivity index (χ0v) is 13.8. The van der Waals surface area contributed by atoms with E-state index >= 15 is 0 Å². The highest BCUT2D eigenvalue weighted by atomic mass is 35.5. The Morgan fingerprint density at radius 2 is 2.21 bits per heavy atom. The third-order valence-electron chi connectivity index (χ3n) is 3.49. The Kier molecular flexibility index (Phi) is 4.35. The van der Waals surface area contributed by atoms with Crippen molar-refractivity contribution < 1.29 is 13.7 Å². The van der Waals surface area contributed by atoms with Gasteiger partial charge in [-0.05, 0) is 31.5 Å². The Labute approximate surface area is 142 Å². The van der Waals surface area contributed by atoms with Crippen LogP contribution in [0.2, 0.25) is 5.02 Å². The number of hydrogen-bond acceptors (Lipinski definition) is 4. The van der Waals surface area contributed by atoms with E-state index in [0.29, 0.717) is 16.3 Å². The molecule has 0 aliphatic heterocycles. The van der Waals surface area contributed by atoms with Crippen LogP contribution in [-0.4, -0.2) is 20.8 Å². The number of anilines is 1. The van der Waals surface area contributed by atoms with Crippen LogP contribution in [-0.2, 0) is 6.54 Å². The van der Waals surface area contributed by atoms with Gasteiger partial charge in [-0.1, -0.05) is 22.8 Å². The lowest BCUT2D eigenvalue weighted by atomic mass is 10.1. The maximum absolute atomic E-state index is 13.8. The Bertz CT molecular complexity index is 903. The third-order valence-corrected chi connectivity index (χ3v) is 3.69. The highest BCUT2D eigenvalue weighted by Crippen LogP contribution is 2.20. The van der Waals surface area contributed by atoms with Gasteiger partial charge in [-0.25, -0.2) is 4.39 Å². The summed E-state index contributed by atoms with van der Waals surface area (Å²) < 4.78 is 20.5. The number of carbonyl (C=O) groups excluding carboxylic acids is 1. The molecule has 1 aromatic carbocycles. The molecule has 0 aliphatic carbocycles. The van der Waals surface area contributed by atoms with E-state index in [1.807, 2.05) is 6.92 Å². The average Bonchev–Trinajstić information content (AvgIpc) is 3.10. The van der Waals surface area contributed by atoms with E-state index in [4.69, 9.17) is 16.1 Å². The Morgan fingerprint density at radius 3 is 2.92 bits per heavy atom. The largest absolute Gasteiger partial charge is 0.361 e. The summed E-state index contributed by atoms with van der Waals surface area (Å²) in [5, 5.41) is 10.9. The van der Waals surface area contributed by atoms with Gasteiger partial charge in [-0.3, -0.25) is 9.48 Å². The van der Waals surface area contributed by atoms with Gasteiger partial charge >= 0.3 is 0 Å². The van der Waals surface area contributed by atoms with Gasteiger partial charge in [0, 0.05) is 11.8 Å². The molecule has 24 heavy (non-hydrogen) atoms. The molecule has 6 nitrogen and oxygen atoms in total. The van der Waals surface area contributed by atoms with Gasteiger partial charge in [0.05, 0.1) is 23.5 Å². The normalized spacial score (nSPS) is 10.8. The summed E-state index contributed by atoms with van der Waals surface area (Å²) in [7, 11) is 0. The molecule has 0 saturated heterocycles. The molecular weight excluding hydrogens is 335 g/mol. The second-order valence-electron chi connectivity index (χ2n) is 5.36. The fourth-order valence-electron chi connectivity index (χ4n) is 2.26. The molecule has 124 valence electrons.